The van der Waals surface area contributed by atoms with Crippen molar-refractivity contribution in [3.05, 3.63) is 53.2 Å². The zero-order chi connectivity index (χ0) is 13.1. The number of hydrogen-bond donors (Lipinski definition) is 0. The molecule has 1 aromatic carbocycles. The van der Waals surface area contributed by atoms with Crippen LogP contribution in [0.4, 0.5) is 8.78 Å². The Labute approximate surface area is 112 Å². The number of alkyl halides is 1. The lowest BCUT2D eigenvalue weighted by Crippen LogP contribution is -1.94. The Morgan fingerprint density at radius 3 is 2.61 bits per heavy atom. The molecule has 0 aliphatic heterocycles. The molecule has 0 saturated carbocycles. The highest BCUT2D eigenvalue weighted by Gasteiger charge is 2.07. The van der Waals surface area contributed by atoms with E-state index in [1.54, 1.807) is 6.20 Å². The summed E-state index contributed by atoms with van der Waals surface area (Å²) < 4.78 is 31.2. The first-order chi connectivity index (χ1) is 8.60. The maximum Gasteiger partial charge on any atom is 0.222 e. The zero-order valence-electron chi connectivity index (χ0n) is 9.58. The molecule has 0 aliphatic carbocycles. The molecule has 2 rings (SSSR count). The molecule has 0 fully saturated rings. The maximum absolute atomic E-state index is 13.0. The molecule has 0 bridgehead atoms. The molecule has 94 valence electrons. The van der Waals surface area contributed by atoms with Crippen molar-refractivity contribution >= 4 is 15.9 Å². The molecule has 0 amide bonds. The molecule has 18 heavy (non-hydrogen) atoms. The standard InChI is InChI=1S/C13H10BrF2NO/c1-8-4-9(6-14)7-17-13(8)18-10-2-3-11(15)12(16)5-10/h2-5,7H,6H2,1H3. The van der Waals surface area contributed by atoms with Gasteiger partial charge in [0, 0.05) is 23.2 Å². The Kier molecular flexibility index (Phi) is 3.91. The van der Waals surface area contributed by atoms with E-state index in [-0.39, 0.29) is 5.75 Å². The van der Waals surface area contributed by atoms with Crippen molar-refractivity contribution in [2.75, 3.05) is 0 Å². The van der Waals surface area contributed by atoms with Crippen molar-refractivity contribution < 1.29 is 13.5 Å². The molecule has 0 unspecified atom stereocenters. The molecule has 0 atom stereocenters. The number of pyridine rings is 1. The quantitative estimate of drug-likeness (QED) is 0.786. The van der Waals surface area contributed by atoms with Crippen LogP contribution in [0.25, 0.3) is 0 Å². The number of nitrogens with zero attached hydrogens (tertiary/aromatic N) is 1. The second-order valence-electron chi connectivity index (χ2n) is 3.78. The second-order valence-corrected chi connectivity index (χ2v) is 4.34. The van der Waals surface area contributed by atoms with E-state index < -0.39 is 11.6 Å². The number of hydrogen-bond acceptors (Lipinski definition) is 2. The van der Waals surface area contributed by atoms with Gasteiger partial charge in [0.25, 0.3) is 0 Å². The number of aryl methyl sites for hydroxylation is 1. The monoisotopic (exact) mass is 313 g/mol. The fourth-order valence-corrected chi connectivity index (χ4v) is 1.76. The summed E-state index contributed by atoms with van der Waals surface area (Å²) in [6.45, 7) is 1.84. The molecule has 5 heteroatoms. The molecule has 0 radical (unpaired) electrons. The molecule has 2 aromatic rings. The van der Waals surface area contributed by atoms with Crippen LogP contribution in [0.15, 0.2) is 30.5 Å². The Bertz CT molecular complexity index is 575. The second kappa shape index (κ2) is 5.44. The highest BCUT2D eigenvalue weighted by atomic mass is 79.9. The minimum atomic E-state index is -0.942. The lowest BCUT2D eigenvalue weighted by atomic mass is 10.2. The van der Waals surface area contributed by atoms with E-state index in [4.69, 9.17) is 4.74 Å². The fraction of sp³-hybridized carbons (Fsp3) is 0.154. The van der Waals surface area contributed by atoms with Crippen LogP contribution in [-0.2, 0) is 5.33 Å². The van der Waals surface area contributed by atoms with Gasteiger partial charge in [-0.3, -0.25) is 0 Å². The van der Waals surface area contributed by atoms with Crippen molar-refractivity contribution in [2.24, 2.45) is 0 Å². The van der Waals surface area contributed by atoms with Gasteiger partial charge in [0.1, 0.15) is 5.75 Å². The molecule has 1 aromatic heterocycles. The number of halogens is 3. The topological polar surface area (TPSA) is 22.1 Å². The van der Waals surface area contributed by atoms with Gasteiger partial charge >= 0.3 is 0 Å². The first-order valence-corrected chi connectivity index (χ1v) is 6.36. The molecule has 0 N–H and O–H groups in total. The smallest absolute Gasteiger partial charge is 0.222 e. The average molecular weight is 314 g/mol. The Hall–Kier alpha value is -1.49. The Morgan fingerprint density at radius 2 is 2.00 bits per heavy atom. The Morgan fingerprint density at radius 1 is 1.22 bits per heavy atom. The van der Waals surface area contributed by atoms with Gasteiger partial charge in [-0.2, -0.15) is 0 Å². The SMILES string of the molecule is Cc1cc(CBr)cnc1Oc1ccc(F)c(F)c1. The van der Waals surface area contributed by atoms with Crippen LogP contribution in [0.3, 0.4) is 0 Å². The highest BCUT2D eigenvalue weighted by molar-refractivity contribution is 9.08. The van der Waals surface area contributed by atoms with E-state index in [2.05, 4.69) is 20.9 Å². The molecule has 0 spiro atoms. The third-order valence-corrected chi connectivity index (χ3v) is 2.99. The first kappa shape index (κ1) is 13.0. The van der Waals surface area contributed by atoms with Gasteiger partial charge in [-0.05, 0) is 30.7 Å². The average Bonchev–Trinajstić information content (AvgIpc) is 2.36. The first-order valence-electron chi connectivity index (χ1n) is 5.24. The normalized spacial score (nSPS) is 10.4. The van der Waals surface area contributed by atoms with Crippen molar-refractivity contribution in [3.8, 4) is 11.6 Å². The van der Waals surface area contributed by atoms with Crippen molar-refractivity contribution in [3.63, 3.8) is 0 Å². The maximum atomic E-state index is 13.0. The van der Waals surface area contributed by atoms with Crippen LogP contribution in [0.1, 0.15) is 11.1 Å². The lowest BCUT2D eigenvalue weighted by Gasteiger charge is -2.08. The fourth-order valence-electron chi connectivity index (χ4n) is 1.45. The summed E-state index contributed by atoms with van der Waals surface area (Å²) in [7, 11) is 0. The van der Waals surface area contributed by atoms with Crippen LogP contribution in [0.2, 0.25) is 0 Å². The minimum Gasteiger partial charge on any atom is -0.439 e. The van der Waals surface area contributed by atoms with Gasteiger partial charge < -0.3 is 4.74 Å². The third kappa shape index (κ3) is 2.85. The van der Waals surface area contributed by atoms with Gasteiger partial charge in [-0.1, -0.05) is 15.9 Å². The van der Waals surface area contributed by atoms with Gasteiger partial charge in [0.05, 0.1) is 0 Å². The van der Waals surface area contributed by atoms with Gasteiger partial charge in [-0.15, -0.1) is 0 Å². The number of aromatic nitrogens is 1. The predicted molar refractivity (Wildman–Crippen MR) is 68.0 cm³/mol. The number of ether oxygens (including phenoxy) is 1. The summed E-state index contributed by atoms with van der Waals surface area (Å²) >= 11 is 3.33. The number of rotatable bonds is 3. The summed E-state index contributed by atoms with van der Waals surface area (Å²) in [5.41, 5.74) is 1.85. The molecule has 2 nitrogen and oxygen atoms in total. The van der Waals surface area contributed by atoms with Crippen molar-refractivity contribution in [2.45, 2.75) is 12.3 Å². The van der Waals surface area contributed by atoms with E-state index in [1.807, 2.05) is 13.0 Å². The summed E-state index contributed by atoms with van der Waals surface area (Å²) in [6.07, 6.45) is 1.66. The lowest BCUT2D eigenvalue weighted by molar-refractivity contribution is 0.444. The summed E-state index contributed by atoms with van der Waals surface area (Å²) in [5.74, 6) is -1.24. The molecular weight excluding hydrogens is 304 g/mol. The molecule has 1 heterocycles. The zero-order valence-corrected chi connectivity index (χ0v) is 11.2. The highest BCUT2D eigenvalue weighted by Crippen LogP contribution is 2.25. The summed E-state index contributed by atoms with van der Waals surface area (Å²) in [6, 6.07) is 5.29. The summed E-state index contributed by atoms with van der Waals surface area (Å²) in [4.78, 5) is 4.13. The van der Waals surface area contributed by atoms with E-state index in [0.717, 1.165) is 23.3 Å². The molecule has 0 aliphatic rings. The van der Waals surface area contributed by atoms with Gasteiger partial charge in [0.2, 0.25) is 5.88 Å². The van der Waals surface area contributed by atoms with Crippen LogP contribution in [0, 0.1) is 18.6 Å². The van der Waals surface area contributed by atoms with E-state index in [1.165, 1.54) is 6.07 Å². The Balaban J connectivity index is 2.25. The van der Waals surface area contributed by atoms with E-state index in [0.29, 0.717) is 11.2 Å². The van der Waals surface area contributed by atoms with E-state index >= 15 is 0 Å². The largest absolute Gasteiger partial charge is 0.439 e. The van der Waals surface area contributed by atoms with Crippen LogP contribution in [0.5, 0.6) is 11.6 Å². The van der Waals surface area contributed by atoms with Gasteiger partial charge in [0.15, 0.2) is 11.6 Å². The van der Waals surface area contributed by atoms with Crippen LogP contribution >= 0.6 is 15.9 Å². The predicted octanol–water partition coefficient (Wildman–Crippen LogP) is 4.36. The molecule has 0 saturated heterocycles. The van der Waals surface area contributed by atoms with Crippen molar-refractivity contribution in [1.29, 1.82) is 0 Å². The van der Waals surface area contributed by atoms with Crippen LogP contribution in [-0.4, -0.2) is 4.98 Å². The van der Waals surface area contributed by atoms with Crippen LogP contribution < -0.4 is 4.74 Å². The van der Waals surface area contributed by atoms with Crippen molar-refractivity contribution in [1.82, 2.24) is 4.98 Å². The summed E-state index contributed by atoms with van der Waals surface area (Å²) in [5, 5.41) is 0.701. The van der Waals surface area contributed by atoms with Gasteiger partial charge in [-0.25, -0.2) is 13.8 Å². The molecular formula is C13H10BrF2NO. The minimum absolute atomic E-state index is 0.219. The van der Waals surface area contributed by atoms with E-state index in [9.17, 15) is 8.78 Å². The third-order valence-electron chi connectivity index (χ3n) is 2.35. The number of benzene rings is 1.